The van der Waals surface area contributed by atoms with Crippen LogP contribution in [0, 0.1) is 12.3 Å². The molecule has 2 saturated heterocycles. The first-order valence-corrected chi connectivity index (χ1v) is 7.99. The summed E-state index contributed by atoms with van der Waals surface area (Å²) in [5, 5.41) is 23.8. The molecule has 0 saturated carbocycles. The SMILES string of the molecule is Cc1nnnn1CCCN1CCC2(CC1)CN[C@H](C(=O)O)C2. The highest BCUT2D eigenvalue weighted by Gasteiger charge is 2.43. The Morgan fingerprint density at radius 2 is 2.18 bits per heavy atom. The zero-order valence-corrected chi connectivity index (χ0v) is 13.0. The maximum atomic E-state index is 11.1. The van der Waals surface area contributed by atoms with Crippen molar-refractivity contribution in [2.24, 2.45) is 5.41 Å². The third-order valence-electron chi connectivity index (χ3n) is 5.13. The monoisotopic (exact) mass is 308 g/mol. The number of piperidine rings is 1. The minimum Gasteiger partial charge on any atom is -0.480 e. The van der Waals surface area contributed by atoms with Gasteiger partial charge in [0.1, 0.15) is 11.9 Å². The highest BCUT2D eigenvalue weighted by Crippen LogP contribution is 2.39. The van der Waals surface area contributed by atoms with E-state index >= 15 is 0 Å². The number of carboxylic acids is 1. The minimum absolute atomic E-state index is 0.200. The van der Waals surface area contributed by atoms with E-state index < -0.39 is 5.97 Å². The van der Waals surface area contributed by atoms with Crippen LogP contribution in [0.4, 0.5) is 0 Å². The van der Waals surface area contributed by atoms with E-state index in [0.29, 0.717) is 0 Å². The smallest absolute Gasteiger partial charge is 0.320 e. The van der Waals surface area contributed by atoms with Crippen LogP contribution in [0.5, 0.6) is 0 Å². The average Bonchev–Trinajstić information content (AvgIpc) is 3.09. The number of nitrogens with one attached hydrogen (secondary N) is 1. The van der Waals surface area contributed by atoms with Gasteiger partial charge in [-0.15, -0.1) is 5.10 Å². The molecule has 0 unspecified atom stereocenters. The second-order valence-electron chi connectivity index (χ2n) is 6.62. The largest absolute Gasteiger partial charge is 0.480 e. The summed E-state index contributed by atoms with van der Waals surface area (Å²) in [6.07, 6.45) is 4.00. The summed E-state index contributed by atoms with van der Waals surface area (Å²) < 4.78 is 1.84. The summed E-state index contributed by atoms with van der Waals surface area (Å²) in [5.74, 6) is 0.144. The summed E-state index contributed by atoms with van der Waals surface area (Å²) in [4.78, 5) is 13.6. The molecule has 8 nitrogen and oxygen atoms in total. The van der Waals surface area contributed by atoms with Gasteiger partial charge in [-0.1, -0.05) is 0 Å². The van der Waals surface area contributed by atoms with Gasteiger partial charge in [-0.25, -0.2) is 4.68 Å². The fourth-order valence-corrected chi connectivity index (χ4v) is 3.62. The molecule has 2 aliphatic heterocycles. The van der Waals surface area contributed by atoms with Crippen molar-refractivity contribution in [2.75, 3.05) is 26.2 Å². The van der Waals surface area contributed by atoms with Gasteiger partial charge in [0.2, 0.25) is 0 Å². The lowest BCUT2D eigenvalue weighted by molar-refractivity contribution is -0.139. The van der Waals surface area contributed by atoms with Gasteiger partial charge >= 0.3 is 5.97 Å². The second-order valence-corrected chi connectivity index (χ2v) is 6.62. The van der Waals surface area contributed by atoms with Crippen LogP contribution in [0.3, 0.4) is 0 Å². The zero-order chi connectivity index (χ0) is 15.6. The van der Waals surface area contributed by atoms with Gasteiger partial charge in [0.15, 0.2) is 0 Å². The molecule has 1 atom stereocenters. The Morgan fingerprint density at radius 3 is 2.77 bits per heavy atom. The Kier molecular flexibility index (Phi) is 4.39. The lowest BCUT2D eigenvalue weighted by Gasteiger charge is -2.39. The van der Waals surface area contributed by atoms with Crippen molar-refractivity contribution in [3.63, 3.8) is 0 Å². The van der Waals surface area contributed by atoms with Crippen molar-refractivity contribution in [2.45, 2.75) is 45.2 Å². The third kappa shape index (κ3) is 3.27. The predicted octanol–water partition coefficient (Wildman–Crippen LogP) is -0.0997. The maximum absolute atomic E-state index is 11.1. The van der Waals surface area contributed by atoms with E-state index in [-0.39, 0.29) is 11.5 Å². The van der Waals surface area contributed by atoms with Crippen molar-refractivity contribution in [3.05, 3.63) is 5.82 Å². The number of aromatic nitrogens is 4. The predicted molar refractivity (Wildman–Crippen MR) is 79.3 cm³/mol. The number of likely N-dealkylation sites (tertiary alicyclic amines) is 1. The van der Waals surface area contributed by atoms with Gasteiger partial charge in [0, 0.05) is 13.1 Å². The van der Waals surface area contributed by atoms with Crippen molar-refractivity contribution < 1.29 is 9.90 Å². The highest BCUT2D eigenvalue weighted by atomic mass is 16.4. The average molecular weight is 308 g/mol. The van der Waals surface area contributed by atoms with Crippen LogP contribution in [0.1, 0.15) is 31.5 Å². The Morgan fingerprint density at radius 1 is 1.41 bits per heavy atom. The van der Waals surface area contributed by atoms with Gasteiger partial charge in [-0.3, -0.25) is 4.79 Å². The van der Waals surface area contributed by atoms with E-state index in [1.165, 1.54) is 0 Å². The molecule has 3 rings (SSSR count). The normalized spacial score (nSPS) is 24.9. The first kappa shape index (κ1) is 15.4. The summed E-state index contributed by atoms with van der Waals surface area (Å²) in [7, 11) is 0. The Bertz CT molecular complexity index is 523. The standard InChI is InChI=1S/C14H24N6O2/c1-11-16-17-18-20(11)6-2-5-19-7-3-14(4-8-19)9-12(13(21)22)15-10-14/h12,15H,2-10H2,1H3,(H,21,22)/t12-/m0/s1. The fraction of sp³-hybridized carbons (Fsp3) is 0.857. The number of carboxylic acid groups (broad SMARTS) is 1. The molecule has 2 fully saturated rings. The molecule has 8 heteroatoms. The molecule has 22 heavy (non-hydrogen) atoms. The van der Waals surface area contributed by atoms with E-state index in [1.807, 2.05) is 11.6 Å². The molecule has 1 aromatic heterocycles. The molecular formula is C14H24N6O2. The first-order chi connectivity index (χ1) is 10.6. The number of aryl methyl sites for hydroxylation is 2. The molecule has 1 aromatic rings. The van der Waals surface area contributed by atoms with Crippen molar-refractivity contribution in [3.8, 4) is 0 Å². The van der Waals surface area contributed by atoms with Gasteiger partial charge < -0.3 is 15.3 Å². The molecule has 0 aliphatic carbocycles. The van der Waals surface area contributed by atoms with E-state index in [2.05, 4.69) is 25.7 Å². The van der Waals surface area contributed by atoms with Crippen LogP contribution < -0.4 is 5.32 Å². The third-order valence-corrected chi connectivity index (χ3v) is 5.13. The lowest BCUT2D eigenvalue weighted by Crippen LogP contribution is -2.41. The van der Waals surface area contributed by atoms with Gasteiger partial charge in [-0.05, 0) is 68.1 Å². The molecule has 3 heterocycles. The molecule has 0 radical (unpaired) electrons. The van der Waals surface area contributed by atoms with Crippen LogP contribution in [-0.2, 0) is 11.3 Å². The zero-order valence-electron chi connectivity index (χ0n) is 13.0. The molecule has 2 N–H and O–H groups in total. The molecule has 2 aliphatic rings. The number of hydrogen-bond acceptors (Lipinski definition) is 6. The molecule has 1 spiro atoms. The summed E-state index contributed by atoms with van der Waals surface area (Å²) in [6.45, 7) is 6.78. The molecule has 0 aromatic carbocycles. The van der Waals surface area contributed by atoms with E-state index in [1.54, 1.807) is 0 Å². The van der Waals surface area contributed by atoms with Gasteiger partial charge in [0.25, 0.3) is 0 Å². The van der Waals surface area contributed by atoms with Crippen molar-refractivity contribution in [1.82, 2.24) is 30.4 Å². The topological polar surface area (TPSA) is 96.2 Å². The van der Waals surface area contributed by atoms with Gasteiger partial charge in [-0.2, -0.15) is 0 Å². The molecule has 0 bridgehead atoms. The maximum Gasteiger partial charge on any atom is 0.320 e. The number of tetrazole rings is 1. The Hall–Kier alpha value is -1.54. The van der Waals surface area contributed by atoms with Gasteiger partial charge in [0.05, 0.1) is 0 Å². The van der Waals surface area contributed by atoms with E-state index in [4.69, 9.17) is 5.11 Å². The molecule has 122 valence electrons. The highest BCUT2D eigenvalue weighted by molar-refractivity contribution is 5.74. The minimum atomic E-state index is -0.712. The quantitative estimate of drug-likeness (QED) is 0.784. The van der Waals surface area contributed by atoms with Crippen molar-refractivity contribution in [1.29, 1.82) is 0 Å². The number of hydrogen-bond donors (Lipinski definition) is 2. The number of aliphatic carboxylic acids is 1. The van der Waals surface area contributed by atoms with Crippen molar-refractivity contribution >= 4 is 5.97 Å². The van der Waals surface area contributed by atoms with Crippen LogP contribution in [0.2, 0.25) is 0 Å². The number of nitrogens with zero attached hydrogens (tertiary/aromatic N) is 5. The summed E-state index contributed by atoms with van der Waals surface area (Å²) in [6, 6.07) is -0.352. The number of carbonyl (C=O) groups is 1. The van der Waals surface area contributed by atoms with Crippen LogP contribution in [0.15, 0.2) is 0 Å². The fourth-order valence-electron chi connectivity index (χ4n) is 3.62. The molecular weight excluding hydrogens is 284 g/mol. The Labute approximate surface area is 129 Å². The summed E-state index contributed by atoms with van der Waals surface area (Å²) in [5.41, 5.74) is 0.200. The first-order valence-electron chi connectivity index (χ1n) is 7.99. The molecule has 0 amide bonds. The van der Waals surface area contributed by atoms with Crippen LogP contribution >= 0.6 is 0 Å². The lowest BCUT2D eigenvalue weighted by atomic mass is 9.76. The van der Waals surface area contributed by atoms with E-state index in [9.17, 15) is 4.79 Å². The number of rotatable bonds is 5. The van der Waals surface area contributed by atoms with Crippen LogP contribution in [-0.4, -0.2) is 68.4 Å². The second kappa shape index (κ2) is 6.29. The van der Waals surface area contributed by atoms with Crippen LogP contribution in [0.25, 0.3) is 0 Å². The van der Waals surface area contributed by atoms with E-state index in [0.717, 1.165) is 64.2 Å². The Balaban J connectivity index is 1.41. The summed E-state index contributed by atoms with van der Waals surface area (Å²) >= 11 is 0.